The minimum absolute atomic E-state index is 0.0759. The van der Waals surface area contributed by atoms with Gasteiger partial charge in [-0.05, 0) is 74.0 Å². The smallest absolute Gasteiger partial charge is 0.267 e. The van der Waals surface area contributed by atoms with E-state index in [2.05, 4.69) is 15.3 Å². The second-order valence-corrected chi connectivity index (χ2v) is 8.07. The van der Waals surface area contributed by atoms with Gasteiger partial charge in [0.05, 0.1) is 0 Å². The Morgan fingerprint density at radius 1 is 1.16 bits per heavy atom. The van der Waals surface area contributed by atoms with E-state index in [0.717, 1.165) is 11.8 Å². The Morgan fingerprint density at radius 3 is 2.56 bits per heavy atom. The fraction of sp³-hybridized carbons (Fsp3) is 0.500. The molecule has 4 nitrogen and oxygen atoms in total. The minimum Gasteiger partial charge on any atom is -0.357 e. The number of aromatic nitrogens is 2. The Bertz CT molecular complexity index is 787. The van der Waals surface area contributed by atoms with Crippen molar-refractivity contribution in [3.63, 3.8) is 0 Å². The number of carbonyl (C=O) groups excluding carboxylic acids is 1. The quantitative estimate of drug-likeness (QED) is 0.836. The molecule has 0 unspecified atom stereocenters. The molecule has 4 bridgehead atoms. The van der Waals surface area contributed by atoms with E-state index in [9.17, 15) is 9.18 Å². The monoisotopic (exact) mass is 339 g/mol. The first-order valence-corrected chi connectivity index (χ1v) is 9.27. The molecule has 2 heterocycles. The van der Waals surface area contributed by atoms with Crippen LogP contribution in [0.2, 0.25) is 0 Å². The van der Waals surface area contributed by atoms with E-state index in [4.69, 9.17) is 0 Å². The van der Waals surface area contributed by atoms with Gasteiger partial charge in [-0.3, -0.25) is 4.79 Å². The van der Waals surface area contributed by atoms with Crippen LogP contribution in [0.1, 0.15) is 42.6 Å². The number of pyridine rings is 1. The topological polar surface area (TPSA) is 57.8 Å². The van der Waals surface area contributed by atoms with Gasteiger partial charge in [0.15, 0.2) is 0 Å². The molecule has 130 valence electrons. The number of aromatic amines is 1. The zero-order valence-corrected chi connectivity index (χ0v) is 14.0. The Morgan fingerprint density at radius 2 is 1.88 bits per heavy atom. The van der Waals surface area contributed by atoms with Gasteiger partial charge in [0, 0.05) is 29.6 Å². The van der Waals surface area contributed by atoms with Crippen LogP contribution in [0, 0.1) is 29.6 Å². The zero-order valence-electron chi connectivity index (χ0n) is 14.0. The van der Waals surface area contributed by atoms with Crippen molar-refractivity contribution < 1.29 is 9.18 Å². The summed E-state index contributed by atoms with van der Waals surface area (Å²) >= 11 is 0. The molecule has 4 fully saturated rings. The molecule has 1 amide bonds. The fourth-order valence-corrected chi connectivity index (χ4v) is 5.67. The van der Waals surface area contributed by atoms with Crippen LogP contribution in [0.3, 0.4) is 0 Å². The van der Waals surface area contributed by atoms with E-state index in [1.54, 1.807) is 24.4 Å². The first-order valence-electron chi connectivity index (χ1n) is 9.27. The Kier molecular flexibility index (Phi) is 3.43. The van der Waals surface area contributed by atoms with Crippen molar-refractivity contribution in [1.29, 1.82) is 0 Å². The van der Waals surface area contributed by atoms with Crippen LogP contribution in [0.4, 0.5) is 4.39 Å². The molecule has 0 saturated heterocycles. The number of amides is 1. The third kappa shape index (κ3) is 2.57. The summed E-state index contributed by atoms with van der Waals surface area (Å²) < 4.78 is 13.8. The SMILES string of the molecule is O=C(NC1C2CC3CC(C2)CC1C3)c1cc(-c2cccnc2F)c[nH]1. The van der Waals surface area contributed by atoms with Gasteiger partial charge >= 0.3 is 0 Å². The number of nitrogens with zero attached hydrogens (tertiary/aromatic N) is 1. The highest BCUT2D eigenvalue weighted by Gasteiger charge is 2.48. The summed E-state index contributed by atoms with van der Waals surface area (Å²) in [6.07, 6.45) is 9.59. The van der Waals surface area contributed by atoms with Crippen molar-refractivity contribution in [2.75, 3.05) is 0 Å². The van der Waals surface area contributed by atoms with Crippen molar-refractivity contribution in [1.82, 2.24) is 15.3 Å². The second-order valence-electron chi connectivity index (χ2n) is 8.07. The highest BCUT2D eigenvalue weighted by molar-refractivity contribution is 5.94. The van der Waals surface area contributed by atoms with Gasteiger partial charge in [-0.2, -0.15) is 4.39 Å². The van der Waals surface area contributed by atoms with Gasteiger partial charge in [0.25, 0.3) is 5.91 Å². The summed E-state index contributed by atoms with van der Waals surface area (Å²) in [6, 6.07) is 5.39. The third-order valence-corrected chi connectivity index (χ3v) is 6.52. The van der Waals surface area contributed by atoms with Crippen LogP contribution < -0.4 is 5.32 Å². The molecule has 4 aliphatic rings. The van der Waals surface area contributed by atoms with E-state index in [1.807, 2.05) is 0 Å². The number of halogens is 1. The van der Waals surface area contributed by atoms with E-state index < -0.39 is 5.95 Å². The molecule has 0 aliphatic heterocycles. The molecule has 25 heavy (non-hydrogen) atoms. The molecule has 0 aromatic carbocycles. The van der Waals surface area contributed by atoms with Crippen molar-refractivity contribution in [2.24, 2.45) is 23.7 Å². The van der Waals surface area contributed by atoms with E-state index in [1.165, 1.54) is 38.3 Å². The van der Waals surface area contributed by atoms with E-state index in [0.29, 0.717) is 34.7 Å². The van der Waals surface area contributed by atoms with Crippen LogP contribution in [0.15, 0.2) is 30.6 Å². The van der Waals surface area contributed by atoms with Crippen LogP contribution in [0.25, 0.3) is 11.1 Å². The average Bonchev–Trinajstić information content (AvgIpc) is 3.08. The Labute approximate surface area is 146 Å². The molecule has 2 N–H and O–H groups in total. The number of carbonyl (C=O) groups is 1. The molecular formula is C20H22FN3O. The number of hydrogen-bond acceptors (Lipinski definition) is 2. The van der Waals surface area contributed by atoms with Gasteiger partial charge in [0.1, 0.15) is 5.69 Å². The number of hydrogen-bond donors (Lipinski definition) is 2. The molecule has 4 saturated carbocycles. The predicted octanol–water partition coefficient (Wildman–Crippen LogP) is 3.77. The van der Waals surface area contributed by atoms with Gasteiger partial charge in [-0.25, -0.2) is 4.98 Å². The van der Waals surface area contributed by atoms with Crippen LogP contribution in [-0.2, 0) is 0 Å². The molecule has 2 aromatic rings. The fourth-order valence-electron chi connectivity index (χ4n) is 5.67. The number of H-pyrrole nitrogens is 1. The summed E-state index contributed by atoms with van der Waals surface area (Å²) in [6.45, 7) is 0. The molecule has 6 rings (SSSR count). The van der Waals surface area contributed by atoms with Gasteiger partial charge < -0.3 is 10.3 Å². The van der Waals surface area contributed by atoms with Crippen LogP contribution in [0.5, 0.6) is 0 Å². The highest BCUT2D eigenvalue weighted by Crippen LogP contribution is 2.53. The standard InChI is InChI=1S/C20H22FN3O/c21-19-16(2-1-3-22-19)15-9-17(23-10-15)20(25)24-18-13-5-11-4-12(7-13)8-14(18)6-11/h1-3,9-14,18,23H,4-8H2,(H,24,25). The second kappa shape index (κ2) is 5.68. The zero-order chi connectivity index (χ0) is 17.0. The van der Waals surface area contributed by atoms with Gasteiger partial charge in [-0.1, -0.05) is 0 Å². The first-order chi connectivity index (χ1) is 12.2. The van der Waals surface area contributed by atoms with Gasteiger partial charge in [-0.15, -0.1) is 0 Å². The maximum Gasteiger partial charge on any atom is 0.267 e. The Balaban J connectivity index is 1.33. The maximum atomic E-state index is 13.8. The van der Waals surface area contributed by atoms with Gasteiger partial charge in [0.2, 0.25) is 5.95 Å². The predicted molar refractivity (Wildman–Crippen MR) is 92.3 cm³/mol. The number of rotatable bonds is 3. The molecule has 0 atom stereocenters. The van der Waals surface area contributed by atoms with Crippen LogP contribution >= 0.6 is 0 Å². The third-order valence-electron chi connectivity index (χ3n) is 6.52. The molecular weight excluding hydrogens is 317 g/mol. The summed E-state index contributed by atoms with van der Waals surface area (Å²) in [5.74, 6) is 2.47. The lowest BCUT2D eigenvalue weighted by Gasteiger charge is -2.54. The van der Waals surface area contributed by atoms with E-state index in [-0.39, 0.29) is 5.91 Å². The Hall–Kier alpha value is -2.17. The summed E-state index contributed by atoms with van der Waals surface area (Å²) in [5.41, 5.74) is 1.56. The highest BCUT2D eigenvalue weighted by atomic mass is 19.1. The van der Waals surface area contributed by atoms with Crippen molar-refractivity contribution in [2.45, 2.75) is 38.1 Å². The normalized spacial score (nSPS) is 32.8. The summed E-state index contributed by atoms with van der Waals surface area (Å²) in [7, 11) is 0. The molecule has 0 radical (unpaired) electrons. The lowest BCUT2D eigenvalue weighted by Crippen LogP contribution is -2.55. The average molecular weight is 339 g/mol. The van der Waals surface area contributed by atoms with Crippen molar-refractivity contribution in [3.8, 4) is 11.1 Å². The lowest BCUT2D eigenvalue weighted by molar-refractivity contribution is -0.0120. The summed E-state index contributed by atoms with van der Waals surface area (Å²) in [5, 5.41) is 3.28. The molecule has 5 heteroatoms. The van der Waals surface area contributed by atoms with Crippen LogP contribution in [-0.4, -0.2) is 21.9 Å². The summed E-state index contributed by atoms with van der Waals surface area (Å²) in [4.78, 5) is 19.4. The maximum absolute atomic E-state index is 13.8. The lowest BCUT2D eigenvalue weighted by atomic mass is 9.54. The molecule has 4 aliphatic carbocycles. The van der Waals surface area contributed by atoms with E-state index >= 15 is 0 Å². The van der Waals surface area contributed by atoms with Crippen molar-refractivity contribution >= 4 is 5.91 Å². The molecule has 2 aromatic heterocycles. The van der Waals surface area contributed by atoms with Crippen molar-refractivity contribution in [3.05, 3.63) is 42.2 Å². The largest absolute Gasteiger partial charge is 0.357 e. The first kappa shape index (κ1) is 15.1. The minimum atomic E-state index is -0.519. The number of nitrogens with one attached hydrogen (secondary N) is 2. The molecule has 0 spiro atoms.